The molecule has 31 heavy (non-hydrogen) atoms. The number of nitrogens with zero attached hydrogens (tertiary/aromatic N) is 1. The summed E-state index contributed by atoms with van der Waals surface area (Å²) in [6.45, 7) is 0.648. The maximum atomic E-state index is 13.4. The van der Waals surface area contributed by atoms with E-state index in [1.807, 2.05) is 30.5 Å². The van der Waals surface area contributed by atoms with Crippen LogP contribution in [0, 0.1) is 0 Å². The van der Waals surface area contributed by atoms with Gasteiger partial charge >= 0.3 is 0 Å². The van der Waals surface area contributed by atoms with Gasteiger partial charge in [-0.25, -0.2) is 0 Å². The summed E-state index contributed by atoms with van der Waals surface area (Å²) in [7, 11) is 1.71. The zero-order valence-electron chi connectivity index (χ0n) is 17.6. The lowest BCUT2D eigenvalue weighted by molar-refractivity contribution is -0.124. The normalized spacial score (nSPS) is 20.4. The van der Waals surface area contributed by atoms with E-state index in [2.05, 4.69) is 28.1 Å². The fourth-order valence-electron chi connectivity index (χ4n) is 4.19. The molecule has 2 aromatic carbocycles. The number of rotatable bonds is 5. The van der Waals surface area contributed by atoms with E-state index in [1.54, 1.807) is 29.8 Å². The fraction of sp³-hybridized carbons (Fsp3) is 0.348. The number of hydrogen-bond donors (Lipinski definition) is 3. The molecule has 162 valence electrons. The van der Waals surface area contributed by atoms with Crippen molar-refractivity contribution in [3.63, 3.8) is 0 Å². The number of piperidine rings is 1. The van der Waals surface area contributed by atoms with Crippen LogP contribution in [0.25, 0.3) is 11.1 Å². The number of anilines is 1. The maximum Gasteiger partial charge on any atom is 0.256 e. The molecule has 7 nitrogen and oxygen atoms in total. The van der Waals surface area contributed by atoms with Crippen LogP contribution in [0.5, 0.6) is 0 Å². The van der Waals surface area contributed by atoms with Crippen molar-refractivity contribution in [2.45, 2.75) is 29.8 Å². The van der Waals surface area contributed by atoms with Gasteiger partial charge in [-0.3, -0.25) is 14.4 Å². The van der Waals surface area contributed by atoms with Gasteiger partial charge in [0.15, 0.2) is 0 Å². The quantitative estimate of drug-likeness (QED) is 0.624. The molecule has 0 aromatic heterocycles. The molecule has 2 aliphatic rings. The van der Waals surface area contributed by atoms with Crippen LogP contribution in [0.2, 0.25) is 0 Å². The van der Waals surface area contributed by atoms with Gasteiger partial charge in [0.05, 0.1) is 17.8 Å². The van der Waals surface area contributed by atoms with E-state index in [9.17, 15) is 14.4 Å². The Morgan fingerprint density at radius 2 is 1.90 bits per heavy atom. The molecule has 2 atom stereocenters. The minimum atomic E-state index is -0.599. The standard InChI is InChI=1S/C23H26N4O3S/c1-24-13-21(28)25-16-9-10-27-20(12-16)22(29)26-19-8-5-15(11-18(19)23(27)30)14-3-6-17(31-2)7-4-14/h3-8,11,16,20,24H,9-10,12-13H2,1-2H3,(H,25,28)(H,26,29). The van der Waals surface area contributed by atoms with Crippen molar-refractivity contribution >= 4 is 35.2 Å². The van der Waals surface area contributed by atoms with Gasteiger partial charge in [0.2, 0.25) is 11.8 Å². The van der Waals surface area contributed by atoms with E-state index in [-0.39, 0.29) is 30.3 Å². The first-order chi connectivity index (χ1) is 15.0. The molecule has 1 fully saturated rings. The maximum absolute atomic E-state index is 13.4. The lowest BCUT2D eigenvalue weighted by atomic mass is 9.95. The molecule has 1 saturated heterocycles. The van der Waals surface area contributed by atoms with Gasteiger partial charge in [-0.15, -0.1) is 11.8 Å². The number of likely N-dealkylation sites (N-methyl/N-ethyl adjacent to an activating group) is 1. The highest BCUT2D eigenvalue weighted by atomic mass is 32.2. The van der Waals surface area contributed by atoms with Crippen molar-refractivity contribution in [1.29, 1.82) is 0 Å². The van der Waals surface area contributed by atoms with Crippen LogP contribution < -0.4 is 16.0 Å². The van der Waals surface area contributed by atoms with E-state index in [4.69, 9.17) is 0 Å². The van der Waals surface area contributed by atoms with Gasteiger partial charge < -0.3 is 20.9 Å². The van der Waals surface area contributed by atoms with Crippen LogP contribution in [-0.4, -0.2) is 61.1 Å². The van der Waals surface area contributed by atoms with Crippen LogP contribution in [-0.2, 0) is 9.59 Å². The summed E-state index contributed by atoms with van der Waals surface area (Å²) < 4.78 is 0. The third-order valence-corrected chi connectivity index (χ3v) is 6.54. The van der Waals surface area contributed by atoms with E-state index in [1.165, 1.54) is 4.90 Å². The second-order valence-electron chi connectivity index (χ2n) is 7.81. The number of amides is 3. The monoisotopic (exact) mass is 438 g/mol. The molecule has 2 heterocycles. The molecule has 2 aromatic rings. The summed E-state index contributed by atoms with van der Waals surface area (Å²) in [6.07, 6.45) is 3.06. The van der Waals surface area contributed by atoms with E-state index >= 15 is 0 Å². The fourth-order valence-corrected chi connectivity index (χ4v) is 4.60. The van der Waals surface area contributed by atoms with Gasteiger partial charge in [-0.1, -0.05) is 18.2 Å². The van der Waals surface area contributed by atoms with Crippen LogP contribution in [0.3, 0.4) is 0 Å². The van der Waals surface area contributed by atoms with E-state index < -0.39 is 6.04 Å². The summed E-state index contributed by atoms with van der Waals surface area (Å²) in [5.41, 5.74) is 2.98. The average molecular weight is 439 g/mol. The Labute approximate surface area is 186 Å². The molecule has 4 rings (SSSR count). The molecule has 3 amide bonds. The average Bonchev–Trinajstić information content (AvgIpc) is 2.88. The SMILES string of the molecule is CNCC(=O)NC1CCN2C(=O)c3cc(-c4ccc(SC)cc4)ccc3NC(=O)C2C1. The lowest BCUT2D eigenvalue weighted by Gasteiger charge is -2.37. The molecule has 0 aliphatic carbocycles. The molecular formula is C23H26N4O3S. The van der Waals surface area contributed by atoms with Gasteiger partial charge in [0.1, 0.15) is 6.04 Å². The van der Waals surface area contributed by atoms with Gasteiger partial charge in [-0.05, 0) is 61.5 Å². The molecule has 8 heteroatoms. The largest absolute Gasteiger partial charge is 0.352 e. The third-order valence-electron chi connectivity index (χ3n) is 5.80. The second-order valence-corrected chi connectivity index (χ2v) is 8.69. The summed E-state index contributed by atoms with van der Waals surface area (Å²) in [5.74, 6) is -0.473. The van der Waals surface area contributed by atoms with Crippen molar-refractivity contribution in [3.8, 4) is 11.1 Å². The minimum Gasteiger partial charge on any atom is -0.352 e. The van der Waals surface area contributed by atoms with E-state index in [0.717, 1.165) is 11.1 Å². The Balaban J connectivity index is 1.58. The minimum absolute atomic E-state index is 0.110. The van der Waals surface area contributed by atoms with Crippen molar-refractivity contribution in [1.82, 2.24) is 15.5 Å². The number of benzene rings is 2. The summed E-state index contributed by atoms with van der Waals surface area (Å²) in [5, 5.41) is 8.69. The number of fused-ring (bicyclic) bond motifs is 2. The number of carbonyl (C=O) groups excluding carboxylic acids is 3. The second kappa shape index (κ2) is 9.11. The Morgan fingerprint density at radius 1 is 1.16 bits per heavy atom. The lowest BCUT2D eigenvalue weighted by Crippen LogP contribution is -2.55. The Kier molecular flexibility index (Phi) is 6.29. The van der Waals surface area contributed by atoms with Crippen LogP contribution in [0.15, 0.2) is 47.4 Å². The molecule has 0 radical (unpaired) electrons. The molecule has 0 bridgehead atoms. The zero-order valence-corrected chi connectivity index (χ0v) is 18.4. The van der Waals surface area contributed by atoms with Crippen LogP contribution in [0.1, 0.15) is 23.2 Å². The number of hydrogen-bond acceptors (Lipinski definition) is 5. The molecule has 0 spiro atoms. The van der Waals surface area contributed by atoms with Crippen molar-refractivity contribution in [2.75, 3.05) is 31.7 Å². The van der Waals surface area contributed by atoms with Crippen LogP contribution >= 0.6 is 11.8 Å². The summed E-state index contributed by atoms with van der Waals surface area (Å²) in [6, 6.07) is 13.0. The number of thioether (sulfide) groups is 1. The smallest absolute Gasteiger partial charge is 0.256 e. The summed E-state index contributed by atoms with van der Waals surface area (Å²) in [4.78, 5) is 41.0. The highest BCUT2D eigenvalue weighted by molar-refractivity contribution is 7.98. The Morgan fingerprint density at radius 3 is 2.61 bits per heavy atom. The third kappa shape index (κ3) is 4.45. The van der Waals surface area contributed by atoms with Crippen molar-refractivity contribution in [3.05, 3.63) is 48.0 Å². The van der Waals surface area contributed by atoms with Gasteiger partial charge in [0.25, 0.3) is 5.91 Å². The topological polar surface area (TPSA) is 90.5 Å². The highest BCUT2D eigenvalue weighted by Crippen LogP contribution is 2.32. The Hall–Kier alpha value is -2.84. The first kappa shape index (κ1) is 21.4. The Bertz CT molecular complexity index is 1010. The molecule has 2 aliphatic heterocycles. The first-order valence-electron chi connectivity index (χ1n) is 10.3. The number of nitrogens with one attached hydrogen (secondary N) is 3. The summed E-state index contributed by atoms with van der Waals surface area (Å²) >= 11 is 1.68. The molecule has 3 N–H and O–H groups in total. The van der Waals surface area contributed by atoms with Crippen molar-refractivity contribution in [2.24, 2.45) is 0 Å². The molecule has 0 saturated carbocycles. The van der Waals surface area contributed by atoms with Crippen molar-refractivity contribution < 1.29 is 14.4 Å². The van der Waals surface area contributed by atoms with Gasteiger partial charge in [-0.2, -0.15) is 0 Å². The van der Waals surface area contributed by atoms with E-state index in [0.29, 0.717) is 30.6 Å². The molecule has 2 unspecified atom stereocenters. The predicted molar refractivity (Wildman–Crippen MR) is 122 cm³/mol. The first-order valence-corrected chi connectivity index (χ1v) is 11.6. The zero-order chi connectivity index (χ0) is 22.0. The number of carbonyl (C=O) groups is 3. The van der Waals surface area contributed by atoms with Crippen LogP contribution in [0.4, 0.5) is 5.69 Å². The predicted octanol–water partition coefficient (Wildman–Crippen LogP) is 2.34. The van der Waals surface area contributed by atoms with Gasteiger partial charge in [0, 0.05) is 17.5 Å². The highest BCUT2D eigenvalue weighted by Gasteiger charge is 2.40. The molecular weight excluding hydrogens is 412 g/mol.